The van der Waals surface area contributed by atoms with Crippen molar-refractivity contribution >= 4 is 17.8 Å². The second-order valence-electron chi connectivity index (χ2n) is 6.81. The summed E-state index contributed by atoms with van der Waals surface area (Å²) in [6.45, 7) is 4.43. The maximum Gasteiger partial charge on any atom is 0.260 e. The quantitative estimate of drug-likeness (QED) is 0.482. The third-order valence-electron chi connectivity index (χ3n) is 4.71. The zero-order chi connectivity index (χ0) is 22.1. The van der Waals surface area contributed by atoms with Gasteiger partial charge in [-0.25, -0.2) is 0 Å². The first-order valence-corrected chi connectivity index (χ1v) is 10.1. The fourth-order valence-corrected chi connectivity index (χ4v) is 3.04. The summed E-state index contributed by atoms with van der Waals surface area (Å²) in [5.41, 5.74) is 1.77. The van der Waals surface area contributed by atoms with Gasteiger partial charge in [0.2, 0.25) is 0 Å². The van der Waals surface area contributed by atoms with Crippen molar-refractivity contribution in [2.24, 2.45) is 0 Å². The molecule has 1 aliphatic heterocycles. The Hall–Kier alpha value is -3.63. The predicted octanol–water partition coefficient (Wildman–Crippen LogP) is 3.09. The molecule has 160 valence electrons. The van der Waals surface area contributed by atoms with Gasteiger partial charge in [-0.05, 0) is 55.0 Å². The Labute approximate surface area is 181 Å². The van der Waals surface area contributed by atoms with Crippen molar-refractivity contribution in [3.8, 4) is 17.6 Å². The lowest BCUT2D eigenvalue weighted by Gasteiger charge is -2.26. The Morgan fingerprint density at radius 2 is 1.84 bits per heavy atom. The molecule has 1 saturated heterocycles. The molecule has 0 atom stereocenters. The molecule has 2 aromatic rings. The van der Waals surface area contributed by atoms with Crippen molar-refractivity contribution in [2.75, 3.05) is 39.5 Å². The Balaban J connectivity index is 1.65. The fourth-order valence-electron chi connectivity index (χ4n) is 3.04. The highest BCUT2D eigenvalue weighted by atomic mass is 16.5. The van der Waals surface area contributed by atoms with Gasteiger partial charge in [-0.1, -0.05) is 12.1 Å². The van der Waals surface area contributed by atoms with Crippen LogP contribution in [-0.4, -0.2) is 56.1 Å². The Morgan fingerprint density at radius 1 is 1.10 bits per heavy atom. The zero-order valence-corrected chi connectivity index (χ0v) is 17.4. The van der Waals surface area contributed by atoms with E-state index in [1.807, 2.05) is 13.0 Å². The van der Waals surface area contributed by atoms with Crippen LogP contribution in [0.5, 0.6) is 11.5 Å². The van der Waals surface area contributed by atoms with Crippen LogP contribution in [0.15, 0.2) is 48.5 Å². The number of nitrogens with zero attached hydrogens (tertiary/aromatic N) is 2. The second-order valence-corrected chi connectivity index (χ2v) is 6.81. The summed E-state index contributed by atoms with van der Waals surface area (Å²) in [5, 5.41) is 8.85. The number of nitriles is 1. The normalized spacial score (nSPS) is 13.6. The van der Waals surface area contributed by atoms with E-state index in [1.165, 1.54) is 6.08 Å². The number of allylic oxidation sites excluding steroid dienone is 1. The van der Waals surface area contributed by atoms with Crippen LogP contribution in [0, 0.1) is 11.3 Å². The molecule has 0 spiro atoms. The third-order valence-corrected chi connectivity index (χ3v) is 4.71. The number of amides is 1. The molecule has 7 nitrogen and oxygen atoms in total. The molecule has 2 aromatic carbocycles. The topological polar surface area (TPSA) is 88.9 Å². The van der Waals surface area contributed by atoms with Gasteiger partial charge in [0, 0.05) is 18.7 Å². The van der Waals surface area contributed by atoms with E-state index in [1.54, 1.807) is 53.4 Å². The lowest BCUT2D eigenvalue weighted by molar-refractivity contribution is -0.137. The highest BCUT2D eigenvalue weighted by Crippen LogP contribution is 2.29. The third kappa shape index (κ3) is 6.17. The van der Waals surface area contributed by atoms with Gasteiger partial charge >= 0.3 is 0 Å². The minimum atomic E-state index is -0.168. The number of morpholine rings is 1. The average molecular weight is 420 g/mol. The van der Waals surface area contributed by atoms with Crippen molar-refractivity contribution in [1.29, 1.82) is 5.26 Å². The molecule has 0 unspecified atom stereocenters. The summed E-state index contributed by atoms with van der Waals surface area (Å²) < 4.78 is 16.6. The summed E-state index contributed by atoms with van der Waals surface area (Å²) in [4.78, 5) is 26.4. The first-order valence-electron chi connectivity index (χ1n) is 10.1. The largest absolute Gasteiger partial charge is 0.490 e. The van der Waals surface area contributed by atoms with Crippen molar-refractivity contribution in [2.45, 2.75) is 6.92 Å². The first kappa shape index (κ1) is 22.1. The van der Waals surface area contributed by atoms with E-state index in [4.69, 9.17) is 19.5 Å². The number of ether oxygens (including phenoxy) is 3. The van der Waals surface area contributed by atoms with Gasteiger partial charge in [0.15, 0.2) is 23.9 Å². The molecule has 0 radical (unpaired) electrons. The molecule has 3 rings (SSSR count). The molecule has 31 heavy (non-hydrogen) atoms. The van der Waals surface area contributed by atoms with Crippen LogP contribution in [0.2, 0.25) is 0 Å². The summed E-state index contributed by atoms with van der Waals surface area (Å²) >= 11 is 0. The van der Waals surface area contributed by atoms with E-state index in [9.17, 15) is 9.59 Å². The molecule has 0 bridgehead atoms. The maximum absolute atomic E-state index is 12.3. The summed E-state index contributed by atoms with van der Waals surface area (Å²) in [6.07, 6.45) is 3.15. The standard InChI is InChI=1S/C24H24N2O5/c1-2-30-23-15-18(5-9-21(27)20-7-3-19(16-25)4-8-20)6-10-22(23)31-17-24(28)26-11-13-29-14-12-26/h3-10,15H,2,11-14,17H2,1H3/b9-5+. The predicted molar refractivity (Wildman–Crippen MR) is 115 cm³/mol. The molecule has 0 aliphatic carbocycles. The Bertz CT molecular complexity index is 986. The molecule has 1 amide bonds. The van der Waals surface area contributed by atoms with Crippen LogP contribution in [0.3, 0.4) is 0 Å². The van der Waals surface area contributed by atoms with Gasteiger partial charge in [0.05, 0.1) is 31.5 Å². The van der Waals surface area contributed by atoms with E-state index < -0.39 is 0 Å². The molecular weight excluding hydrogens is 396 g/mol. The van der Waals surface area contributed by atoms with Crippen LogP contribution >= 0.6 is 0 Å². The minimum Gasteiger partial charge on any atom is -0.490 e. The minimum absolute atomic E-state index is 0.0769. The van der Waals surface area contributed by atoms with Crippen LogP contribution in [-0.2, 0) is 9.53 Å². The van der Waals surface area contributed by atoms with Crippen LogP contribution in [0.1, 0.15) is 28.4 Å². The number of ketones is 1. The number of hydrogen-bond donors (Lipinski definition) is 0. The van der Waals surface area contributed by atoms with E-state index in [2.05, 4.69) is 0 Å². The number of carbonyl (C=O) groups excluding carboxylic acids is 2. The molecular formula is C24H24N2O5. The molecule has 1 fully saturated rings. The van der Waals surface area contributed by atoms with Crippen molar-refractivity contribution < 1.29 is 23.8 Å². The Kier molecular flexibility index (Phi) is 7.79. The molecule has 0 aromatic heterocycles. The van der Waals surface area contributed by atoms with E-state index in [-0.39, 0.29) is 18.3 Å². The van der Waals surface area contributed by atoms with Crippen LogP contribution in [0.25, 0.3) is 6.08 Å². The number of rotatable bonds is 8. The maximum atomic E-state index is 12.3. The fraction of sp³-hybridized carbons (Fsp3) is 0.292. The van der Waals surface area contributed by atoms with E-state index in [0.717, 1.165) is 5.56 Å². The Morgan fingerprint density at radius 3 is 2.52 bits per heavy atom. The van der Waals surface area contributed by atoms with E-state index >= 15 is 0 Å². The van der Waals surface area contributed by atoms with Crippen LogP contribution in [0.4, 0.5) is 0 Å². The van der Waals surface area contributed by atoms with Gasteiger partial charge in [-0.2, -0.15) is 5.26 Å². The number of carbonyl (C=O) groups is 2. The number of hydrogen-bond acceptors (Lipinski definition) is 6. The summed E-state index contributed by atoms with van der Waals surface area (Å²) in [7, 11) is 0. The van der Waals surface area contributed by atoms with Crippen molar-refractivity contribution in [1.82, 2.24) is 4.90 Å². The summed E-state index contributed by atoms with van der Waals surface area (Å²) in [6, 6.07) is 13.8. The number of benzene rings is 2. The highest BCUT2D eigenvalue weighted by Gasteiger charge is 2.18. The second kappa shape index (κ2) is 11.0. The van der Waals surface area contributed by atoms with Gasteiger partial charge in [-0.15, -0.1) is 0 Å². The molecule has 0 N–H and O–H groups in total. The lowest BCUT2D eigenvalue weighted by atomic mass is 10.1. The van der Waals surface area contributed by atoms with Gasteiger partial charge < -0.3 is 19.1 Å². The smallest absolute Gasteiger partial charge is 0.260 e. The average Bonchev–Trinajstić information content (AvgIpc) is 2.82. The van der Waals surface area contributed by atoms with Gasteiger partial charge in [0.25, 0.3) is 5.91 Å². The monoisotopic (exact) mass is 420 g/mol. The zero-order valence-electron chi connectivity index (χ0n) is 17.4. The highest BCUT2D eigenvalue weighted by molar-refractivity contribution is 6.06. The molecule has 1 aliphatic rings. The molecule has 1 heterocycles. The van der Waals surface area contributed by atoms with Crippen LogP contribution < -0.4 is 9.47 Å². The van der Waals surface area contributed by atoms with Crippen molar-refractivity contribution in [3.63, 3.8) is 0 Å². The van der Waals surface area contributed by atoms with Crippen molar-refractivity contribution in [3.05, 3.63) is 65.2 Å². The van der Waals surface area contributed by atoms with E-state index in [0.29, 0.717) is 55.5 Å². The molecule has 7 heteroatoms. The van der Waals surface area contributed by atoms with Gasteiger partial charge in [-0.3, -0.25) is 9.59 Å². The summed E-state index contributed by atoms with van der Waals surface area (Å²) in [5.74, 6) is 0.714. The lowest BCUT2D eigenvalue weighted by Crippen LogP contribution is -2.43. The SMILES string of the molecule is CCOc1cc(/C=C/C(=O)c2ccc(C#N)cc2)ccc1OCC(=O)N1CCOCC1. The molecule has 0 saturated carbocycles. The first-order chi connectivity index (χ1) is 15.1. The van der Waals surface area contributed by atoms with Gasteiger partial charge in [0.1, 0.15) is 0 Å².